The number of phenols is 1. The highest BCUT2D eigenvalue weighted by Crippen LogP contribution is 2.38. The molecule has 2 atom stereocenters. The lowest BCUT2D eigenvalue weighted by atomic mass is 10.1. The first-order chi connectivity index (χ1) is 21.7. The quantitative estimate of drug-likeness (QED) is 0.286. The number of benzene rings is 2. The van der Waals surface area contributed by atoms with Crippen LogP contribution in [0.15, 0.2) is 64.5 Å². The molecule has 2 bridgehead atoms. The predicted molar refractivity (Wildman–Crippen MR) is 159 cm³/mol. The molecular weight excluding hydrogens is 606 g/mol. The molecule has 2 aliphatic heterocycles. The van der Waals surface area contributed by atoms with Crippen LogP contribution >= 0.6 is 0 Å². The minimum atomic E-state index is -4.19. The summed E-state index contributed by atoms with van der Waals surface area (Å²) in [6, 6.07) is 10.6. The molecule has 2 aromatic carbocycles. The Bertz CT molecular complexity index is 2150. The van der Waals surface area contributed by atoms with Crippen LogP contribution in [-0.4, -0.2) is 67.4 Å². The number of hydrogen-bond acceptors (Lipinski definition) is 10. The molecule has 230 valence electrons. The zero-order valence-corrected chi connectivity index (χ0v) is 24.5. The number of hydrogen-bond donors (Lipinski definition) is 2. The topological polar surface area (TPSA) is 148 Å². The summed E-state index contributed by atoms with van der Waals surface area (Å²) in [5.41, 5.74) is -1.78. The van der Waals surface area contributed by atoms with Crippen LogP contribution in [0.5, 0.6) is 5.75 Å². The summed E-state index contributed by atoms with van der Waals surface area (Å²) in [6.07, 6.45) is 4.84. The van der Waals surface area contributed by atoms with Gasteiger partial charge in [-0.3, -0.25) is 0 Å². The van der Waals surface area contributed by atoms with E-state index in [1.54, 1.807) is 0 Å². The summed E-state index contributed by atoms with van der Waals surface area (Å²) in [4.78, 5) is 28.5. The first kappa shape index (κ1) is 27.8. The molecule has 5 aromatic rings. The second-order valence-corrected chi connectivity index (χ2v) is 13.5. The van der Waals surface area contributed by atoms with Crippen LogP contribution < -0.4 is 15.9 Å². The molecule has 45 heavy (non-hydrogen) atoms. The van der Waals surface area contributed by atoms with Crippen molar-refractivity contribution in [3.05, 3.63) is 82.8 Å². The number of nitrogens with zero attached hydrogens (tertiary/aromatic N) is 7. The SMILES string of the molecule is O=c1nc(N2C[C@H]3CC[C@@H](C2)N3)c2cc(F)c(-c3c(O)cccc3F)nc2n1-c1cccc(S(=O)(=O)n2cnc(C3CC3)n2)c1. The van der Waals surface area contributed by atoms with Crippen LogP contribution in [0.25, 0.3) is 28.0 Å². The number of nitrogens with one attached hydrogen (secondary N) is 1. The maximum atomic E-state index is 15.8. The molecule has 3 aromatic heterocycles. The standard InChI is InChI=1S/C30H26F2N8O4S/c31-22-5-2-6-24(41)25(22)26-23(32)12-21-28(38-13-17-9-10-18(14-38)34-17)36-30(42)40(29(21)35-26)19-3-1-4-20(11-19)45(43,44)39-15-33-27(37-39)16-7-8-16/h1-6,11-12,15-18,34,41H,7-10,13-14H2/t17-,18+. The van der Waals surface area contributed by atoms with Gasteiger partial charge in [-0.2, -0.15) is 13.4 Å². The van der Waals surface area contributed by atoms with E-state index in [2.05, 4.69) is 25.4 Å². The number of aromatic nitrogens is 6. The van der Waals surface area contributed by atoms with E-state index in [1.165, 1.54) is 36.4 Å². The maximum absolute atomic E-state index is 15.8. The third kappa shape index (κ3) is 4.64. The van der Waals surface area contributed by atoms with Crippen LogP contribution in [0.1, 0.15) is 37.4 Å². The highest BCUT2D eigenvalue weighted by molar-refractivity contribution is 7.89. The Morgan fingerprint density at radius 2 is 1.69 bits per heavy atom. The van der Waals surface area contributed by atoms with Gasteiger partial charge in [0.1, 0.15) is 29.4 Å². The Morgan fingerprint density at radius 3 is 2.42 bits per heavy atom. The number of piperazine rings is 1. The molecule has 0 radical (unpaired) electrons. The number of halogens is 2. The van der Waals surface area contributed by atoms with E-state index in [1.807, 2.05) is 4.90 Å². The second kappa shape index (κ2) is 10.1. The highest BCUT2D eigenvalue weighted by Gasteiger charge is 2.35. The third-order valence-corrected chi connectivity index (χ3v) is 10.1. The fourth-order valence-corrected chi connectivity index (χ4v) is 7.37. The molecular formula is C30H26F2N8O4S. The minimum absolute atomic E-state index is 0.0795. The van der Waals surface area contributed by atoms with E-state index >= 15 is 4.39 Å². The summed E-state index contributed by atoms with van der Waals surface area (Å²) in [5, 5.41) is 18.3. The van der Waals surface area contributed by atoms with Gasteiger partial charge in [0.15, 0.2) is 17.3 Å². The Labute approximate surface area is 255 Å². The number of pyridine rings is 1. The van der Waals surface area contributed by atoms with E-state index < -0.39 is 44.4 Å². The van der Waals surface area contributed by atoms with Gasteiger partial charge in [-0.1, -0.05) is 12.1 Å². The first-order valence-corrected chi connectivity index (χ1v) is 16.0. The normalized spacial score (nSPS) is 19.8. The zero-order valence-electron chi connectivity index (χ0n) is 23.6. The Balaban J connectivity index is 1.33. The fraction of sp³-hybridized carbons (Fsp3) is 0.300. The first-order valence-electron chi connectivity index (χ1n) is 14.6. The van der Waals surface area contributed by atoms with E-state index in [9.17, 15) is 22.7 Å². The molecule has 5 heterocycles. The Kier molecular flexibility index (Phi) is 6.25. The van der Waals surface area contributed by atoms with E-state index in [-0.39, 0.29) is 45.4 Å². The number of rotatable bonds is 6. The van der Waals surface area contributed by atoms with E-state index in [0.29, 0.717) is 18.9 Å². The number of anilines is 1. The maximum Gasteiger partial charge on any atom is 0.355 e. The Hall–Kier alpha value is -4.76. The molecule has 3 fully saturated rings. The molecule has 8 rings (SSSR count). The number of aromatic hydroxyl groups is 1. The van der Waals surface area contributed by atoms with Crippen molar-refractivity contribution in [1.29, 1.82) is 0 Å². The van der Waals surface area contributed by atoms with Gasteiger partial charge in [-0.15, -0.1) is 9.19 Å². The number of fused-ring (bicyclic) bond motifs is 3. The average Bonchev–Trinajstić information content (AvgIpc) is 3.64. The van der Waals surface area contributed by atoms with Crippen LogP contribution in [0.2, 0.25) is 0 Å². The monoisotopic (exact) mass is 632 g/mol. The number of phenolic OH excluding ortho intramolecular Hbond substituents is 1. The van der Waals surface area contributed by atoms with Crippen LogP contribution in [0.3, 0.4) is 0 Å². The van der Waals surface area contributed by atoms with Crippen molar-refractivity contribution in [2.75, 3.05) is 18.0 Å². The van der Waals surface area contributed by atoms with Gasteiger partial charge < -0.3 is 15.3 Å². The lowest BCUT2D eigenvalue weighted by molar-refractivity contribution is 0.463. The lowest BCUT2D eigenvalue weighted by Crippen LogP contribution is -2.52. The fourth-order valence-electron chi connectivity index (χ4n) is 6.27. The summed E-state index contributed by atoms with van der Waals surface area (Å²) >= 11 is 0. The zero-order chi connectivity index (χ0) is 31.0. The molecule has 12 nitrogen and oxygen atoms in total. The Morgan fingerprint density at radius 1 is 0.933 bits per heavy atom. The largest absolute Gasteiger partial charge is 0.507 e. The van der Waals surface area contributed by atoms with Crippen molar-refractivity contribution in [1.82, 2.24) is 34.0 Å². The molecule has 0 spiro atoms. The van der Waals surface area contributed by atoms with E-state index in [4.69, 9.17) is 0 Å². The van der Waals surface area contributed by atoms with Gasteiger partial charge in [-0.25, -0.2) is 28.1 Å². The average molecular weight is 633 g/mol. The van der Waals surface area contributed by atoms with Crippen LogP contribution in [0.4, 0.5) is 14.6 Å². The van der Waals surface area contributed by atoms with Crippen molar-refractivity contribution in [3.63, 3.8) is 0 Å². The van der Waals surface area contributed by atoms with Crippen molar-refractivity contribution < 1.29 is 22.3 Å². The van der Waals surface area contributed by atoms with Crippen molar-refractivity contribution in [2.45, 2.75) is 48.6 Å². The van der Waals surface area contributed by atoms with E-state index in [0.717, 1.165) is 52.8 Å². The smallest absolute Gasteiger partial charge is 0.355 e. The third-order valence-electron chi connectivity index (χ3n) is 8.60. The van der Waals surface area contributed by atoms with Crippen LogP contribution in [0, 0.1) is 11.6 Å². The summed E-state index contributed by atoms with van der Waals surface area (Å²) in [7, 11) is -4.19. The van der Waals surface area contributed by atoms with Gasteiger partial charge in [0.2, 0.25) is 0 Å². The van der Waals surface area contributed by atoms with Crippen molar-refractivity contribution in [3.8, 4) is 22.7 Å². The molecule has 1 aliphatic carbocycles. The van der Waals surface area contributed by atoms with Crippen LogP contribution in [-0.2, 0) is 10.0 Å². The van der Waals surface area contributed by atoms with Gasteiger partial charge >= 0.3 is 5.69 Å². The van der Waals surface area contributed by atoms with Gasteiger partial charge in [0.05, 0.1) is 21.5 Å². The minimum Gasteiger partial charge on any atom is -0.507 e. The molecule has 1 saturated carbocycles. The molecule has 2 saturated heterocycles. The van der Waals surface area contributed by atoms with Gasteiger partial charge in [0, 0.05) is 31.1 Å². The lowest BCUT2D eigenvalue weighted by Gasteiger charge is -2.34. The molecule has 3 aliphatic rings. The predicted octanol–water partition coefficient (Wildman–Crippen LogP) is 3.08. The van der Waals surface area contributed by atoms with Crippen molar-refractivity contribution >= 4 is 26.9 Å². The summed E-state index contributed by atoms with van der Waals surface area (Å²) in [6.45, 7) is 1.07. The molecule has 2 N–H and O–H groups in total. The second-order valence-electron chi connectivity index (χ2n) is 11.7. The van der Waals surface area contributed by atoms with Crippen molar-refractivity contribution in [2.24, 2.45) is 0 Å². The highest BCUT2D eigenvalue weighted by atomic mass is 32.2. The summed E-state index contributed by atoms with van der Waals surface area (Å²) in [5.74, 6) is -1.55. The molecule has 0 amide bonds. The van der Waals surface area contributed by atoms with Gasteiger partial charge in [-0.05, 0) is 62.1 Å². The molecule has 15 heteroatoms. The summed E-state index contributed by atoms with van der Waals surface area (Å²) < 4.78 is 59.6. The van der Waals surface area contributed by atoms with Gasteiger partial charge in [0.25, 0.3) is 10.0 Å². The molecule has 0 unspecified atom stereocenters.